The number of halogens is 1. The van der Waals surface area contributed by atoms with Crippen molar-refractivity contribution in [3.8, 4) is 0 Å². The van der Waals surface area contributed by atoms with Crippen LogP contribution in [0.2, 0.25) is 5.02 Å². The van der Waals surface area contributed by atoms with Gasteiger partial charge in [-0.1, -0.05) is 29.8 Å². The van der Waals surface area contributed by atoms with Crippen molar-refractivity contribution >= 4 is 33.3 Å². The summed E-state index contributed by atoms with van der Waals surface area (Å²) in [6, 6.07) is 7.52. The Hall–Kier alpha value is -1.64. The number of nitrogens with zero attached hydrogens (tertiary/aromatic N) is 3. The van der Waals surface area contributed by atoms with E-state index >= 15 is 0 Å². The van der Waals surface area contributed by atoms with Crippen LogP contribution in [0.1, 0.15) is 18.4 Å². The van der Waals surface area contributed by atoms with Gasteiger partial charge in [0, 0.05) is 56.8 Å². The van der Waals surface area contributed by atoms with E-state index in [1.807, 2.05) is 23.1 Å². The third-order valence-electron chi connectivity index (χ3n) is 6.23. The van der Waals surface area contributed by atoms with Crippen LogP contribution in [0.15, 0.2) is 24.3 Å². The van der Waals surface area contributed by atoms with Crippen LogP contribution >= 0.6 is 11.6 Å². The third-order valence-corrected chi connectivity index (χ3v) is 8.35. The fourth-order valence-electron chi connectivity index (χ4n) is 4.55. The summed E-state index contributed by atoms with van der Waals surface area (Å²) in [5.41, 5.74) is 0.885. The van der Waals surface area contributed by atoms with E-state index in [4.69, 9.17) is 11.6 Å². The van der Waals surface area contributed by atoms with Crippen LogP contribution < -0.4 is 0 Å². The SMILES string of the molecule is O=C1C[C@@H](C(=O)N2CCN([C@@H]3CCS(=O)(=O)C3)CC2)CN1Cc1ccccc1Cl. The van der Waals surface area contributed by atoms with Gasteiger partial charge < -0.3 is 9.80 Å². The molecule has 3 saturated heterocycles. The molecule has 3 aliphatic heterocycles. The summed E-state index contributed by atoms with van der Waals surface area (Å²) >= 11 is 6.20. The van der Waals surface area contributed by atoms with Crippen molar-refractivity contribution < 1.29 is 18.0 Å². The number of piperazine rings is 1. The lowest BCUT2D eigenvalue weighted by Crippen LogP contribution is -2.53. The molecule has 3 heterocycles. The second kappa shape index (κ2) is 8.24. The Morgan fingerprint density at radius 3 is 2.52 bits per heavy atom. The van der Waals surface area contributed by atoms with Gasteiger partial charge in [0.2, 0.25) is 11.8 Å². The van der Waals surface area contributed by atoms with Crippen molar-refractivity contribution in [1.29, 1.82) is 0 Å². The maximum Gasteiger partial charge on any atom is 0.228 e. The molecule has 0 aromatic heterocycles. The lowest BCUT2D eigenvalue weighted by molar-refractivity contribution is -0.137. The van der Waals surface area contributed by atoms with Crippen molar-refractivity contribution in [2.45, 2.75) is 25.4 Å². The van der Waals surface area contributed by atoms with E-state index in [9.17, 15) is 18.0 Å². The summed E-state index contributed by atoms with van der Waals surface area (Å²) < 4.78 is 23.4. The van der Waals surface area contributed by atoms with E-state index in [-0.39, 0.29) is 41.7 Å². The van der Waals surface area contributed by atoms with E-state index < -0.39 is 9.84 Å². The Kier molecular flexibility index (Phi) is 5.86. The van der Waals surface area contributed by atoms with Crippen molar-refractivity contribution in [1.82, 2.24) is 14.7 Å². The van der Waals surface area contributed by atoms with Crippen LogP contribution in [0, 0.1) is 5.92 Å². The lowest BCUT2D eigenvalue weighted by atomic mass is 10.1. The number of likely N-dealkylation sites (tertiary alicyclic amines) is 1. The molecule has 0 spiro atoms. The van der Waals surface area contributed by atoms with Crippen LogP contribution in [0.4, 0.5) is 0 Å². The summed E-state index contributed by atoms with van der Waals surface area (Å²) in [5.74, 6) is 0.192. The van der Waals surface area contributed by atoms with Crippen molar-refractivity contribution in [2.75, 3.05) is 44.2 Å². The molecule has 0 bridgehead atoms. The maximum atomic E-state index is 12.9. The van der Waals surface area contributed by atoms with E-state index in [0.29, 0.717) is 50.7 Å². The highest BCUT2D eigenvalue weighted by Gasteiger charge is 2.39. The molecule has 1 aromatic rings. The van der Waals surface area contributed by atoms with Crippen LogP contribution in [0.5, 0.6) is 0 Å². The molecule has 0 N–H and O–H groups in total. The third kappa shape index (κ3) is 4.59. The standard InChI is InChI=1S/C20H26ClN3O4S/c21-18-4-2-1-3-15(18)12-24-13-16(11-19(24)25)20(26)23-8-6-22(7-9-23)17-5-10-29(27,28)14-17/h1-4,16-17H,5-14H2/t16-,17-/m1/s1. The Morgan fingerprint density at radius 2 is 1.86 bits per heavy atom. The Bertz CT molecular complexity index is 899. The van der Waals surface area contributed by atoms with Crippen molar-refractivity contribution in [3.63, 3.8) is 0 Å². The van der Waals surface area contributed by atoms with Gasteiger partial charge in [-0.15, -0.1) is 0 Å². The molecule has 0 aliphatic carbocycles. The average Bonchev–Trinajstić information content (AvgIpc) is 3.25. The first-order valence-corrected chi connectivity index (χ1v) is 12.3. The number of benzene rings is 1. The van der Waals surface area contributed by atoms with E-state index in [0.717, 1.165) is 5.56 Å². The minimum absolute atomic E-state index is 0.0157. The molecule has 0 unspecified atom stereocenters. The molecule has 2 atom stereocenters. The van der Waals surface area contributed by atoms with Gasteiger partial charge >= 0.3 is 0 Å². The van der Waals surface area contributed by atoms with Crippen molar-refractivity contribution in [2.24, 2.45) is 5.92 Å². The molecule has 0 radical (unpaired) electrons. The topological polar surface area (TPSA) is 78.0 Å². The number of rotatable bonds is 4. The molecule has 7 nitrogen and oxygen atoms in total. The summed E-state index contributed by atoms with van der Waals surface area (Å²) in [5, 5.41) is 0.625. The molecule has 2 amide bonds. The first kappa shape index (κ1) is 20.6. The zero-order chi connectivity index (χ0) is 20.6. The summed E-state index contributed by atoms with van der Waals surface area (Å²) in [6.45, 7) is 3.40. The van der Waals surface area contributed by atoms with Gasteiger partial charge in [0.25, 0.3) is 0 Å². The molecule has 0 saturated carbocycles. The predicted octanol–water partition coefficient (Wildman–Crippen LogP) is 1.02. The van der Waals surface area contributed by atoms with Crippen LogP contribution in [0.3, 0.4) is 0 Å². The smallest absolute Gasteiger partial charge is 0.228 e. The highest BCUT2D eigenvalue weighted by Crippen LogP contribution is 2.26. The van der Waals surface area contributed by atoms with Crippen LogP contribution in [0.25, 0.3) is 0 Å². The summed E-state index contributed by atoms with van der Waals surface area (Å²) in [6.07, 6.45) is 0.925. The fraction of sp³-hybridized carbons (Fsp3) is 0.600. The minimum Gasteiger partial charge on any atom is -0.340 e. The lowest BCUT2D eigenvalue weighted by Gasteiger charge is -2.38. The Morgan fingerprint density at radius 1 is 1.14 bits per heavy atom. The number of hydrogen-bond donors (Lipinski definition) is 0. The zero-order valence-electron chi connectivity index (χ0n) is 16.3. The first-order valence-electron chi connectivity index (χ1n) is 10.1. The number of carbonyl (C=O) groups excluding carboxylic acids is 2. The highest BCUT2D eigenvalue weighted by molar-refractivity contribution is 7.91. The monoisotopic (exact) mass is 439 g/mol. The quantitative estimate of drug-likeness (QED) is 0.700. The Balaban J connectivity index is 1.30. The van der Waals surface area contributed by atoms with E-state index in [1.165, 1.54) is 0 Å². The average molecular weight is 440 g/mol. The van der Waals surface area contributed by atoms with Crippen LogP contribution in [-0.4, -0.2) is 85.2 Å². The molecule has 3 aliphatic rings. The first-order chi connectivity index (χ1) is 13.8. The second-order valence-electron chi connectivity index (χ2n) is 8.18. The number of carbonyl (C=O) groups is 2. The van der Waals surface area contributed by atoms with Gasteiger partial charge in [-0.05, 0) is 18.1 Å². The number of hydrogen-bond acceptors (Lipinski definition) is 5. The molecule has 1 aromatic carbocycles. The minimum atomic E-state index is -2.90. The maximum absolute atomic E-state index is 12.9. The molecule has 9 heteroatoms. The largest absolute Gasteiger partial charge is 0.340 e. The molecule has 4 rings (SSSR count). The molecular formula is C20H26ClN3O4S. The summed E-state index contributed by atoms with van der Waals surface area (Å²) in [7, 11) is -2.90. The highest BCUT2D eigenvalue weighted by atomic mass is 35.5. The molecule has 158 valence electrons. The van der Waals surface area contributed by atoms with Gasteiger partial charge in [0.05, 0.1) is 17.4 Å². The number of amides is 2. The van der Waals surface area contributed by atoms with E-state index in [2.05, 4.69) is 4.90 Å². The fourth-order valence-corrected chi connectivity index (χ4v) is 6.51. The molecule has 29 heavy (non-hydrogen) atoms. The number of sulfone groups is 1. The normalized spacial score (nSPS) is 27.6. The van der Waals surface area contributed by atoms with E-state index in [1.54, 1.807) is 11.0 Å². The van der Waals surface area contributed by atoms with Crippen LogP contribution in [-0.2, 0) is 26.0 Å². The second-order valence-corrected chi connectivity index (χ2v) is 10.8. The van der Waals surface area contributed by atoms with Gasteiger partial charge in [0.1, 0.15) is 0 Å². The van der Waals surface area contributed by atoms with Gasteiger partial charge in [-0.3, -0.25) is 14.5 Å². The predicted molar refractivity (Wildman–Crippen MR) is 110 cm³/mol. The van der Waals surface area contributed by atoms with Gasteiger partial charge in [0.15, 0.2) is 9.84 Å². The molecular weight excluding hydrogens is 414 g/mol. The zero-order valence-corrected chi connectivity index (χ0v) is 17.9. The summed E-state index contributed by atoms with van der Waals surface area (Å²) in [4.78, 5) is 31.1. The molecule has 3 fully saturated rings. The van der Waals surface area contributed by atoms with Gasteiger partial charge in [-0.2, -0.15) is 0 Å². The Labute approximate surface area is 176 Å². The van der Waals surface area contributed by atoms with Crippen molar-refractivity contribution in [3.05, 3.63) is 34.9 Å². The van der Waals surface area contributed by atoms with Gasteiger partial charge in [-0.25, -0.2) is 8.42 Å².